The molecule has 0 radical (unpaired) electrons. The molecule has 0 spiro atoms. The Labute approximate surface area is 103 Å². The highest BCUT2D eigenvalue weighted by molar-refractivity contribution is 6.17. The molecule has 17 heavy (non-hydrogen) atoms. The Kier molecular flexibility index (Phi) is 3.54. The van der Waals surface area contributed by atoms with Gasteiger partial charge in [0.05, 0.1) is 5.88 Å². The second-order valence-electron chi connectivity index (χ2n) is 3.52. The number of aromatic nitrogens is 2. The van der Waals surface area contributed by atoms with Crippen LogP contribution >= 0.6 is 11.6 Å². The van der Waals surface area contributed by atoms with Gasteiger partial charge in [-0.05, 0) is 18.6 Å². The van der Waals surface area contributed by atoms with Gasteiger partial charge in [0.15, 0.2) is 0 Å². The van der Waals surface area contributed by atoms with Crippen LogP contribution < -0.4 is 4.74 Å². The predicted molar refractivity (Wildman–Crippen MR) is 62.8 cm³/mol. The molecular weight excluding hydrogens is 243 g/mol. The minimum atomic E-state index is -0.358. The van der Waals surface area contributed by atoms with Crippen LogP contribution in [0.1, 0.15) is 11.1 Å². The van der Waals surface area contributed by atoms with E-state index >= 15 is 0 Å². The zero-order chi connectivity index (χ0) is 12.3. The number of hydrogen-bond donors (Lipinski definition) is 0. The second kappa shape index (κ2) is 5.10. The highest BCUT2D eigenvalue weighted by atomic mass is 35.5. The van der Waals surface area contributed by atoms with Gasteiger partial charge in [-0.3, -0.25) is 0 Å². The third kappa shape index (κ3) is 2.91. The van der Waals surface area contributed by atoms with E-state index in [9.17, 15) is 4.39 Å². The number of halogens is 2. The van der Waals surface area contributed by atoms with E-state index in [1.54, 1.807) is 18.5 Å². The lowest BCUT2D eigenvalue weighted by molar-refractivity contribution is 0.434. The SMILES string of the molecule is Cc1ccc(F)cc1Oc1ncc(CCl)cn1. The van der Waals surface area contributed by atoms with Crippen molar-refractivity contribution < 1.29 is 9.13 Å². The molecule has 0 aliphatic carbocycles. The highest BCUT2D eigenvalue weighted by Gasteiger charge is 2.05. The highest BCUT2D eigenvalue weighted by Crippen LogP contribution is 2.23. The molecule has 3 nitrogen and oxygen atoms in total. The molecule has 0 fully saturated rings. The van der Waals surface area contributed by atoms with Gasteiger partial charge in [0.1, 0.15) is 11.6 Å². The van der Waals surface area contributed by atoms with Crippen molar-refractivity contribution in [3.05, 3.63) is 47.5 Å². The third-order valence-corrected chi connectivity index (χ3v) is 2.50. The maximum Gasteiger partial charge on any atom is 0.321 e. The van der Waals surface area contributed by atoms with Crippen LogP contribution in [0.2, 0.25) is 0 Å². The average molecular weight is 253 g/mol. The van der Waals surface area contributed by atoms with Crippen molar-refractivity contribution in [3.63, 3.8) is 0 Å². The van der Waals surface area contributed by atoms with E-state index in [2.05, 4.69) is 9.97 Å². The minimum Gasteiger partial charge on any atom is -0.424 e. The molecule has 0 amide bonds. The quantitative estimate of drug-likeness (QED) is 0.785. The summed E-state index contributed by atoms with van der Waals surface area (Å²) in [6.07, 6.45) is 3.15. The molecule has 0 unspecified atom stereocenters. The zero-order valence-electron chi connectivity index (χ0n) is 9.15. The molecule has 1 heterocycles. The van der Waals surface area contributed by atoms with Crippen LogP contribution in [-0.4, -0.2) is 9.97 Å². The molecule has 2 rings (SSSR count). The molecular formula is C12H10ClFN2O. The van der Waals surface area contributed by atoms with Crippen molar-refractivity contribution in [1.82, 2.24) is 9.97 Å². The molecule has 0 N–H and O–H groups in total. The predicted octanol–water partition coefficient (Wildman–Crippen LogP) is 3.46. The molecule has 0 saturated heterocycles. The van der Waals surface area contributed by atoms with Crippen LogP contribution in [0.15, 0.2) is 30.6 Å². The topological polar surface area (TPSA) is 35.0 Å². The zero-order valence-corrected chi connectivity index (χ0v) is 9.91. The largest absolute Gasteiger partial charge is 0.424 e. The van der Waals surface area contributed by atoms with Gasteiger partial charge in [-0.15, -0.1) is 11.6 Å². The van der Waals surface area contributed by atoms with Crippen LogP contribution in [0, 0.1) is 12.7 Å². The standard InChI is InChI=1S/C12H10ClFN2O/c1-8-2-3-10(14)4-11(8)17-12-15-6-9(5-13)7-16-12/h2-4,6-7H,5H2,1H3. The van der Waals surface area contributed by atoms with Crippen molar-refractivity contribution in [2.24, 2.45) is 0 Å². The number of alkyl halides is 1. The Morgan fingerprint density at radius 1 is 1.29 bits per heavy atom. The lowest BCUT2D eigenvalue weighted by Crippen LogP contribution is -1.94. The Bertz CT molecular complexity index is 516. The fourth-order valence-corrected chi connectivity index (χ4v) is 1.38. The van der Waals surface area contributed by atoms with E-state index in [-0.39, 0.29) is 11.8 Å². The average Bonchev–Trinajstić information content (AvgIpc) is 2.35. The minimum absolute atomic E-state index is 0.174. The number of hydrogen-bond acceptors (Lipinski definition) is 3. The van der Waals surface area contributed by atoms with Crippen molar-refractivity contribution in [3.8, 4) is 11.8 Å². The molecule has 0 atom stereocenters. The van der Waals surface area contributed by atoms with Gasteiger partial charge < -0.3 is 4.74 Å². The van der Waals surface area contributed by atoms with E-state index in [0.29, 0.717) is 11.6 Å². The van der Waals surface area contributed by atoms with Crippen LogP contribution in [0.4, 0.5) is 4.39 Å². The number of nitrogens with zero attached hydrogens (tertiary/aromatic N) is 2. The number of rotatable bonds is 3. The first-order chi connectivity index (χ1) is 8.19. The number of ether oxygens (including phenoxy) is 1. The maximum atomic E-state index is 13.0. The lowest BCUT2D eigenvalue weighted by Gasteiger charge is -2.06. The molecule has 0 bridgehead atoms. The van der Waals surface area contributed by atoms with Gasteiger partial charge >= 0.3 is 6.01 Å². The van der Waals surface area contributed by atoms with Crippen LogP contribution in [0.25, 0.3) is 0 Å². The fourth-order valence-electron chi connectivity index (χ4n) is 1.25. The first kappa shape index (κ1) is 11.8. The van der Waals surface area contributed by atoms with E-state index in [1.807, 2.05) is 6.92 Å². The molecule has 0 aliphatic heterocycles. The van der Waals surface area contributed by atoms with Gasteiger partial charge in [-0.1, -0.05) is 6.07 Å². The van der Waals surface area contributed by atoms with Crippen LogP contribution in [-0.2, 0) is 5.88 Å². The van der Waals surface area contributed by atoms with Gasteiger partial charge in [-0.25, -0.2) is 14.4 Å². The summed E-state index contributed by atoms with van der Waals surface area (Å²) in [5, 5.41) is 0. The summed E-state index contributed by atoms with van der Waals surface area (Å²) in [6, 6.07) is 4.48. The first-order valence-electron chi connectivity index (χ1n) is 5.00. The van der Waals surface area contributed by atoms with Crippen LogP contribution in [0.5, 0.6) is 11.8 Å². The summed E-state index contributed by atoms with van der Waals surface area (Å²) in [5.74, 6) is 0.394. The first-order valence-corrected chi connectivity index (χ1v) is 5.53. The molecule has 88 valence electrons. The lowest BCUT2D eigenvalue weighted by atomic mass is 10.2. The molecule has 2 aromatic rings. The Balaban J connectivity index is 2.22. The maximum absolute atomic E-state index is 13.0. The van der Waals surface area contributed by atoms with Gasteiger partial charge in [0.25, 0.3) is 0 Å². The number of benzene rings is 1. The fraction of sp³-hybridized carbons (Fsp3) is 0.167. The Morgan fingerprint density at radius 3 is 2.65 bits per heavy atom. The van der Waals surface area contributed by atoms with E-state index < -0.39 is 0 Å². The molecule has 0 aliphatic rings. The molecule has 1 aromatic heterocycles. The van der Waals surface area contributed by atoms with E-state index in [4.69, 9.17) is 16.3 Å². The molecule has 1 aromatic carbocycles. The van der Waals surface area contributed by atoms with Gasteiger partial charge in [-0.2, -0.15) is 0 Å². The second-order valence-corrected chi connectivity index (χ2v) is 3.79. The summed E-state index contributed by atoms with van der Waals surface area (Å²) < 4.78 is 18.4. The number of aryl methyl sites for hydroxylation is 1. The smallest absolute Gasteiger partial charge is 0.321 e. The van der Waals surface area contributed by atoms with E-state index in [0.717, 1.165) is 11.1 Å². The van der Waals surface area contributed by atoms with Crippen molar-refractivity contribution in [1.29, 1.82) is 0 Å². The Morgan fingerprint density at radius 2 is 2.00 bits per heavy atom. The molecule has 5 heteroatoms. The molecule has 0 saturated carbocycles. The normalized spacial score (nSPS) is 10.3. The van der Waals surface area contributed by atoms with Crippen molar-refractivity contribution in [2.45, 2.75) is 12.8 Å². The summed E-state index contributed by atoms with van der Waals surface area (Å²) in [4.78, 5) is 7.95. The van der Waals surface area contributed by atoms with Crippen molar-refractivity contribution >= 4 is 11.6 Å². The summed E-state index contributed by atoms with van der Waals surface area (Å²) in [7, 11) is 0. The summed E-state index contributed by atoms with van der Waals surface area (Å²) in [6.45, 7) is 1.82. The summed E-state index contributed by atoms with van der Waals surface area (Å²) >= 11 is 5.62. The summed E-state index contributed by atoms with van der Waals surface area (Å²) in [5.41, 5.74) is 1.62. The van der Waals surface area contributed by atoms with Gasteiger partial charge in [0, 0.05) is 24.0 Å². The van der Waals surface area contributed by atoms with Crippen molar-refractivity contribution in [2.75, 3.05) is 0 Å². The monoisotopic (exact) mass is 252 g/mol. The van der Waals surface area contributed by atoms with Crippen LogP contribution in [0.3, 0.4) is 0 Å². The van der Waals surface area contributed by atoms with Gasteiger partial charge in [0.2, 0.25) is 0 Å². The van der Waals surface area contributed by atoms with E-state index in [1.165, 1.54) is 12.1 Å². The third-order valence-electron chi connectivity index (χ3n) is 2.19. The Hall–Kier alpha value is -1.68.